The molecule has 1 aliphatic carbocycles. The average Bonchev–Trinajstić information content (AvgIpc) is 2.80. The molecule has 1 fully saturated rings. The van der Waals surface area contributed by atoms with Crippen molar-refractivity contribution in [3.63, 3.8) is 0 Å². The number of carboxylic acid groups (broad SMARTS) is 1. The summed E-state index contributed by atoms with van der Waals surface area (Å²) in [5.41, 5.74) is 0. The Hall–Kier alpha value is -1.40. The smallest absolute Gasteiger partial charge is 0.345 e. The Bertz CT molecular complexity index is 467. The van der Waals surface area contributed by atoms with Crippen molar-refractivity contribution in [1.29, 1.82) is 0 Å². The van der Waals surface area contributed by atoms with Gasteiger partial charge in [0.2, 0.25) is 0 Å². The number of carbonyl (C=O) groups is 2. The van der Waals surface area contributed by atoms with Crippen molar-refractivity contribution in [2.24, 2.45) is 0 Å². The minimum atomic E-state index is -1.00. The highest BCUT2D eigenvalue weighted by Crippen LogP contribution is 2.28. The summed E-state index contributed by atoms with van der Waals surface area (Å²) in [4.78, 5) is 25.6. The number of amides is 1. The van der Waals surface area contributed by atoms with Crippen LogP contribution in [0.1, 0.15) is 45.0 Å². The number of rotatable bonds is 6. The van der Waals surface area contributed by atoms with Crippen molar-refractivity contribution in [1.82, 2.24) is 4.90 Å². The van der Waals surface area contributed by atoms with E-state index in [0.29, 0.717) is 17.8 Å². The summed E-state index contributed by atoms with van der Waals surface area (Å²) in [6.07, 6.45) is 3.67. The Morgan fingerprint density at radius 3 is 2.47 bits per heavy atom. The van der Waals surface area contributed by atoms with Gasteiger partial charge in [0.05, 0.1) is 4.88 Å². The molecular formula is C13H17NO4S. The van der Waals surface area contributed by atoms with Gasteiger partial charge in [0.1, 0.15) is 4.88 Å². The summed E-state index contributed by atoms with van der Waals surface area (Å²) in [5, 5.41) is 17.8. The molecule has 2 N–H and O–H groups in total. The summed E-state index contributed by atoms with van der Waals surface area (Å²) >= 11 is 1.01. The Labute approximate surface area is 115 Å². The zero-order valence-corrected chi connectivity index (χ0v) is 11.4. The van der Waals surface area contributed by atoms with Gasteiger partial charge >= 0.3 is 5.97 Å². The largest absolute Gasteiger partial charge is 0.477 e. The maximum atomic E-state index is 12.4. The van der Waals surface area contributed by atoms with Gasteiger partial charge in [-0.05, 0) is 37.8 Å². The van der Waals surface area contributed by atoms with E-state index in [4.69, 9.17) is 10.2 Å². The third-order valence-electron chi connectivity index (χ3n) is 3.36. The van der Waals surface area contributed by atoms with Gasteiger partial charge in [0.25, 0.3) is 5.91 Å². The highest BCUT2D eigenvalue weighted by atomic mass is 32.1. The van der Waals surface area contributed by atoms with Crippen LogP contribution in [0, 0.1) is 0 Å². The number of aromatic carboxylic acids is 1. The quantitative estimate of drug-likeness (QED) is 0.835. The summed E-state index contributed by atoms with van der Waals surface area (Å²) in [5.74, 6) is -1.12. The minimum Gasteiger partial charge on any atom is -0.477 e. The molecule has 5 nitrogen and oxygen atoms in total. The number of thiophene rings is 1. The molecule has 0 bridgehead atoms. The van der Waals surface area contributed by atoms with E-state index in [1.807, 2.05) is 0 Å². The lowest BCUT2D eigenvalue weighted by molar-refractivity contribution is 0.0567. The van der Waals surface area contributed by atoms with Crippen LogP contribution in [0.25, 0.3) is 0 Å². The van der Waals surface area contributed by atoms with Gasteiger partial charge in [0, 0.05) is 19.2 Å². The van der Waals surface area contributed by atoms with Crippen molar-refractivity contribution in [2.45, 2.75) is 31.7 Å². The highest BCUT2D eigenvalue weighted by molar-refractivity contribution is 7.15. The monoisotopic (exact) mass is 283 g/mol. The van der Waals surface area contributed by atoms with E-state index in [2.05, 4.69) is 0 Å². The van der Waals surface area contributed by atoms with E-state index in [0.717, 1.165) is 30.6 Å². The van der Waals surface area contributed by atoms with Crippen LogP contribution in [-0.4, -0.2) is 46.2 Å². The molecule has 1 heterocycles. The Balaban J connectivity index is 2.10. The molecule has 2 rings (SSSR count). The van der Waals surface area contributed by atoms with Gasteiger partial charge in [-0.2, -0.15) is 0 Å². The van der Waals surface area contributed by atoms with E-state index < -0.39 is 5.97 Å². The van der Waals surface area contributed by atoms with E-state index >= 15 is 0 Å². The van der Waals surface area contributed by atoms with Crippen LogP contribution in [0.2, 0.25) is 0 Å². The van der Waals surface area contributed by atoms with E-state index in [1.165, 1.54) is 6.07 Å². The summed E-state index contributed by atoms with van der Waals surface area (Å²) in [7, 11) is 0. The van der Waals surface area contributed by atoms with Gasteiger partial charge in [-0.1, -0.05) is 0 Å². The van der Waals surface area contributed by atoms with Crippen LogP contribution in [-0.2, 0) is 0 Å². The number of aliphatic hydroxyl groups is 1. The average molecular weight is 283 g/mol. The molecule has 6 heteroatoms. The molecule has 0 unspecified atom stereocenters. The highest BCUT2D eigenvalue weighted by Gasteiger charge is 2.29. The fourth-order valence-electron chi connectivity index (χ4n) is 2.10. The predicted molar refractivity (Wildman–Crippen MR) is 71.7 cm³/mol. The third kappa shape index (κ3) is 3.13. The molecule has 1 aromatic heterocycles. The van der Waals surface area contributed by atoms with Crippen molar-refractivity contribution >= 4 is 23.2 Å². The molecule has 0 spiro atoms. The van der Waals surface area contributed by atoms with Gasteiger partial charge in [0.15, 0.2) is 0 Å². The van der Waals surface area contributed by atoms with Gasteiger partial charge < -0.3 is 15.1 Å². The van der Waals surface area contributed by atoms with Crippen molar-refractivity contribution in [3.05, 3.63) is 21.9 Å². The van der Waals surface area contributed by atoms with E-state index in [-0.39, 0.29) is 23.4 Å². The van der Waals surface area contributed by atoms with Gasteiger partial charge in [-0.3, -0.25) is 4.79 Å². The molecule has 1 amide bonds. The first-order valence-electron chi connectivity index (χ1n) is 6.38. The molecule has 1 aliphatic rings. The maximum Gasteiger partial charge on any atom is 0.345 e. The number of aliphatic hydroxyl groups excluding tert-OH is 1. The molecule has 0 aliphatic heterocycles. The van der Waals surface area contributed by atoms with Crippen LogP contribution in [0.3, 0.4) is 0 Å². The number of carbonyl (C=O) groups excluding carboxylic acids is 1. The maximum absolute atomic E-state index is 12.4. The molecule has 1 saturated carbocycles. The Morgan fingerprint density at radius 2 is 2.00 bits per heavy atom. The molecule has 104 valence electrons. The number of hydrogen-bond acceptors (Lipinski definition) is 4. The first-order valence-corrected chi connectivity index (χ1v) is 7.20. The second-order valence-electron chi connectivity index (χ2n) is 4.63. The number of hydrogen-bond donors (Lipinski definition) is 2. The SMILES string of the molecule is O=C(O)c1ccc(C(=O)N(CCCO)C2CCC2)s1. The van der Waals surface area contributed by atoms with Crippen LogP contribution in [0.5, 0.6) is 0 Å². The van der Waals surface area contributed by atoms with Gasteiger partial charge in [-0.25, -0.2) is 4.79 Å². The molecule has 0 saturated heterocycles. The van der Waals surface area contributed by atoms with Crippen LogP contribution in [0.15, 0.2) is 12.1 Å². The van der Waals surface area contributed by atoms with Crippen LogP contribution >= 0.6 is 11.3 Å². The lowest BCUT2D eigenvalue weighted by atomic mass is 9.91. The second kappa shape index (κ2) is 6.16. The zero-order chi connectivity index (χ0) is 13.8. The normalized spacial score (nSPS) is 15.0. The summed E-state index contributed by atoms with van der Waals surface area (Å²) < 4.78 is 0. The predicted octanol–water partition coefficient (Wildman–Crippen LogP) is 1.82. The summed E-state index contributed by atoms with van der Waals surface area (Å²) in [6.45, 7) is 0.585. The Morgan fingerprint density at radius 1 is 1.32 bits per heavy atom. The number of nitrogens with zero attached hydrogens (tertiary/aromatic N) is 1. The topological polar surface area (TPSA) is 77.8 Å². The molecule has 0 aromatic carbocycles. The van der Waals surface area contributed by atoms with Crippen LogP contribution < -0.4 is 0 Å². The minimum absolute atomic E-state index is 0.0569. The second-order valence-corrected chi connectivity index (χ2v) is 5.71. The molecule has 0 radical (unpaired) electrons. The van der Waals surface area contributed by atoms with Crippen molar-refractivity contribution in [3.8, 4) is 0 Å². The van der Waals surface area contributed by atoms with E-state index in [9.17, 15) is 9.59 Å². The zero-order valence-electron chi connectivity index (χ0n) is 10.5. The third-order valence-corrected chi connectivity index (χ3v) is 4.42. The summed E-state index contributed by atoms with van der Waals surface area (Å²) in [6, 6.07) is 3.28. The Kier molecular flexibility index (Phi) is 4.55. The van der Waals surface area contributed by atoms with Crippen LogP contribution in [0.4, 0.5) is 0 Å². The molecule has 0 atom stereocenters. The lowest BCUT2D eigenvalue weighted by Crippen LogP contribution is -2.44. The van der Waals surface area contributed by atoms with Crippen molar-refractivity contribution < 1.29 is 19.8 Å². The molecule has 19 heavy (non-hydrogen) atoms. The standard InChI is InChI=1S/C13H17NO4S/c15-8-2-7-14(9-3-1-4-9)12(16)10-5-6-11(19-10)13(17)18/h5-6,9,15H,1-4,7-8H2,(H,17,18). The van der Waals surface area contributed by atoms with Gasteiger partial charge in [-0.15, -0.1) is 11.3 Å². The molecular weight excluding hydrogens is 266 g/mol. The fraction of sp³-hybridized carbons (Fsp3) is 0.538. The number of carboxylic acids is 1. The first-order chi connectivity index (χ1) is 9.13. The lowest BCUT2D eigenvalue weighted by Gasteiger charge is -2.37. The first kappa shape index (κ1) is 14.0. The molecule has 1 aromatic rings. The van der Waals surface area contributed by atoms with Crippen molar-refractivity contribution in [2.75, 3.05) is 13.2 Å². The van der Waals surface area contributed by atoms with E-state index in [1.54, 1.807) is 11.0 Å². The fourth-order valence-corrected chi connectivity index (χ4v) is 2.90.